The lowest BCUT2D eigenvalue weighted by atomic mass is 9.95. The van der Waals surface area contributed by atoms with E-state index >= 15 is 0 Å². The van der Waals surface area contributed by atoms with Gasteiger partial charge in [-0.05, 0) is 49.7 Å². The Balaban J connectivity index is 1.58. The standard InChI is InChI=1S/C25H31ClN4O/c1-4-28-11-13-29(14-12-28)17-25(31)30-24(20-7-9-21(26)10-8-20)16-23(27-30)22-15-18(2)5-6-19(22)3/h5-10,15,24H,4,11-14,16-17H2,1-3H3. The molecule has 6 heteroatoms. The molecule has 0 aliphatic carbocycles. The number of piperazine rings is 1. The molecular formula is C25H31ClN4O. The molecular weight excluding hydrogens is 408 g/mol. The lowest BCUT2D eigenvalue weighted by Gasteiger charge is -2.34. The van der Waals surface area contributed by atoms with Crippen LogP contribution in [-0.4, -0.2) is 65.7 Å². The van der Waals surface area contributed by atoms with Crippen LogP contribution in [0.4, 0.5) is 0 Å². The predicted molar refractivity (Wildman–Crippen MR) is 127 cm³/mol. The first kappa shape index (κ1) is 22.0. The zero-order valence-electron chi connectivity index (χ0n) is 18.6. The summed E-state index contributed by atoms with van der Waals surface area (Å²) in [5.74, 6) is 0.0604. The molecule has 2 aliphatic rings. The van der Waals surface area contributed by atoms with Crippen LogP contribution in [0.15, 0.2) is 47.6 Å². The summed E-state index contributed by atoms with van der Waals surface area (Å²) in [6.45, 7) is 11.7. The van der Waals surface area contributed by atoms with Crippen molar-refractivity contribution in [3.05, 3.63) is 69.7 Å². The van der Waals surface area contributed by atoms with Crippen molar-refractivity contribution in [2.45, 2.75) is 33.2 Å². The predicted octanol–water partition coefficient (Wildman–Crippen LogP) is 4.27. The number of aryl methyl sites for hydroxylation is 2. The van der Waals surface area contributed by atoms with Crippen LogP contribution in [0.3, 0.4) is 0 Å². The van der Waals surface area contributed by atoms with Crippen molar-refractivity contribution in [3.63, 3.8) is 0 Å². The van der Waals surface area contributed by atoms with Crippen LogP contribution in [0.5, 0.6) is 0 Å². The van der Waals surface area contributed by atoms with Crippen LogP contribution in [0.1, 0.15) is 41.6 Å². The molecule has 0 saturated carbocycles. The number of halogens is 1. The number of likely N-dealkylation sites (N-methyl/N-ethyl adjacent to an activating group) is 1. The highest BCUT2D eigenvalue weighted by atomic mass is 35.5. The van der Waals surface area contributed by atoms with Crippen molar-refractivity contribution >= 4 is 23.2 Å². The molecule has 1 amide bonds. The molecule has 1 unspecified atom stereocenters. The number of carbonyl (C=O) groups is 1. The van der Waals surface area contributed by atoms with Gasteiger partial charge in [-0.2, -0.15) is 5.10 Å². The van der Waals surface area contributed by atoms with Crippen molar-refractivity contribution in [2.75, 3.05) is 39.3 Å². The molecule has 2 aliphatic heterocycles. The van der Waals surface area contributed by atoms with E-state index in [9.17, 15) is 4.79 Å². The fourth-order valence-electron chi connectivity index (χ4n) is 4.42. The average molecular weight is 439 g/mol. The van der Waals surface area contributed by atoms with Gasteiger partial charge in [0.25, 0.3) is 5.91 Å². The van der Waals surface area contributed by atoms with E-state index in [-0.39, 0.29) is 11.9 Å². The molecule has 4 rings (SSSR count). The minimum atomic E-state index is -0.100. The molecule has 0 aromatic heterocycles. The summed E-state index contributed by atoms with van der Waals surface area (Å²) in [6.07, 6.45) is 0.710. The maximum Gasteiger partial charge on any atom is 0.257 e. The maximum atomic E-state index is 13.4. The van der Waals surface area contributed by atoms with Crippen LogP contribution in [0.2, 0.25) is 5.02 Å². The average Bonchev–Trinajstić information content (AvgIpc) is 3.22. The molecule has 31 heavy (non-hydrogen) atoms. The molecule has 1 fully saturated rings. The van der Waals surface area contributed by atoms with E-state index in [1.165, 1.54) is 11.1 Å². The molecule has 2 aromatic carbocycles. The summed E-state index contributed by atoms with van der Waals surface area (Å²) in [6, 6.07) is 14.1. The van der Waals surface area contributed by atoms with Crippen molar-refractivity contribution in [1.82, 2.24) is 14.8 Å². The second-order valence-corrected chi connectivity index (χ2v) is 9.02. The van der Waals surface area contributed by atoms with Gasteiger partial charge in [0.1, 0.15) is 0 Å². The minimum Gasteiger partial charge on any atom is -0.301 e. The second kappa shape index (κ2) is 9.51. The molecule has 2 heterocycles. The molecule has 2 aromatic rings. The van der Waals surface area contributed by atoms with Gasteiger partial charge in [0.2, 0.25) is 0 Å². The first-order valence-corrected chi connectivity index (χ1v) is 11.5. The van der Waals surface area contributed by atoms with Crippen LogP contribution < -0.4 is 0 Å². The van der Waals surface area contributed by atoms with Gasteiger partial charge in [0, 0.05) is 43.2 Å². The van der Waals surface area contributed by atoms with Crippen molar-refractivity contribution in [3.8, 4) is 0 Å². The SMILES string of the molecule is CCN1CCN(CC(=O)N2N=C(c3cc(C)ccc3C)CC2c2ccc(Cl)cc2)CC1. The van der Waals surface area contributed by atoms with E-state index in [4.69, 9.17) is 16.7 Å². The quantitative estimate of drug-likeness (QED) is 0.699. The van der Waals surface area contributed by atoms with Crippen LogP contribution in [0.25, 0.3) is 0 Å². The highest BCUT2D eigenvalue weighted by Gasteiger charge is 2.34. The lowest BCUT2D eigenvalue weighted by Crippen LogP contribution is -2.49. The number of hydrazone groups is 1. The summed E-state index contributed by atoms with van der Waals surface area (Å²) in [5, 5.41) is 7.28. The largest absolute Gasteiger partial charge is 0.301 e. The van der Waals surface area contributed by atoms with E-state index in [0.717, 1.165) is 49.6 Å². The molecule has 0 spiro atoms. The smallest absolute Gasteiger partial charge is 0.257 e. The Morgan fingerprint density at radius 2 is 1.71 bits per heavy atom. The van der Waals surface area contributed by atoms with Crippen LogP contribution in [-0.2, 0) is 4.79 Å². The number of rotatable bonds is 5. The van der Waals surface area contributed by atoms with Crippen molar-refractivity contribution < 1.29 is 4.79 Å². The molecule has 1 saturated heterocycles. The number of amides is 1. The number of nitrogens with zero attached hydrogens (tertiary/aromatic N) is 4. The maximum absolute atomic E-state index is 13.4. The number of carbonyl (C=O) groups excluding carboxylic acids is 1. The van der Waals surface area contributed by atoms with Gasteiger partial charge in [0.05, 0.1) is 18.3 Å². The zero-order chi connectivity index (χ0) is 22.0. The summed E-state index contributed by atoms with van der Waals surface area (Å²) >= 11 is 6.11. The Morgan fingerprint density at radius 3 is 2.39 bits per heavy atom. The number of hydrogen-bond donors (Lipinski definition) is 0. The topological polar surface area (TPSA) is 39.1 Å². The third-order valence-corrected chi connectivity index (χ3v) is 6.65. The van der Waals surface area contributed by atoms with Gasteiger partial charge >= 0.3 is 0 Å². The number of benzene rings is 2. The van der Waals surface area contributed by atoms with E-state index < -0.39 is 0 Å². The fourth-order valence-corrected chi connectivity index (χ4v) is 4.55. The third kappa shape index (κ3) is 5.00. The van der Waals surface area contributed by atoms with Crippen LogP contribution >= 0.6 is 11.6 Å². The van der Waals surface area contributed by atoms with Crippen LogP contribution in [0, 0.1) is 13.8 Å². The van der Waals surface area contributed by atoms with Gasteiger partial charge in [-0.1, -0.05) is 48.4 Å². The highest BCUT2D eigenvalue weighted by molar-refractivity contribution is 6.30. The van der Waals surface area contributed by atoms with Gasteiger partial charge in [-0.25, -0.2) is 5.01 Å². The minimum absolute atomic E-state index is 0.0604. The summed E-state index contributed by atoms with van der Waals surface area (Å²) in [4.78, 5) is 18.1. The van der Waals surface area contributed by atoms with E-state index in [2.05, 4.69) is 48.8 Å². The number of hydrogen-bond acceptors (Lipinski definition) is 4. The van der Waals surface area contributed by atoms with Gasteiger partial charge in [-0.15, -0.1) is 0 Å². The Morgan fingerprint density at radius 1 is 1.03 bits per heavy atom. The van der Waals surface area contributed by atoms with E-state index in [1.807, 2.05) is 24.3 Å². The van der Waals surface area contributed by atoms with Crippen molar-refractivity contribution in [1.29, 1.82) is 0 Å². The normalized spacial score (nSPS) is 20.2. The highest BCUT2D eigenvalue weighted by Crippen LogP contribution is 2.34. The van der Waals surface area contributed by atoms with Gasteiger partial charge in [0.15, 0.2) is 0 Å². The van der Waals surface area contributed by atoms with Gasteiger partial charge < -0.3 is 4.90 Å². The molecule has 5 nitrogen and oxygen atoms in total. The monoisotopic (exact) mass is 438 g/mol. The Labute approximate surface area is 190 Å². The molecule has 0 N–H and O–H groups in total. The first-order valence-electron chi connectivity index (χ1n) is 11.1. The summed E-state index contributed by atoms with van der Waals surface area (Å²) in [5.41, 5.74) is 5.56. The fraction of sp³-hybridized carbons (Fsp3) is 0.440. The van der Waals surface area contributed by atoms with Gasteiger partial charge in [-0.3, -0.25) is 9.69 Å². The van der Waals surface area contributed by atoms with E-state index in [1.54, 1.807) is 5.01 Å². The third-order valence-electron chi connectivity index (χ3n) is 6.40. The Hall–Kier alpha value is -2.21. The molecule has 0 radical (unpaired) electrons. The lowest BCUT2D eigenvalue weighted by molar-refractivity contribution is -0.134. The Bertz CT molecular complexity index is 964. The molecule has 0 bridgehead atoms. The summed E-state index contributed by atoms with van der Waals surface area (Å²) < 4.78 is 0. The van der Waals surface area contributed by atoms with E-state index in [0.29, 0.717) is 18.0 Å². The summed E-state index contributed by atoms with van der Waals surface area (Å²) in [7, 11) is 0. The Kier molecular flexibility index (Phi) is 6.75. The first-order chi connectivity index (χ1) is 14.9. The molecule has 164 valence electrons. The zero-order valence-corrected chi connectivity index (χ0v) is 19.4. The van der Waals surface area contributed by atoms with Crippen molar-refractivity contribution in [2.24, 2.45) is 5.10 Å². The second-order valence-electron chi connectivity index (χ2n) is 8.59. The molecule has 1 atom stereocenters.